The zero-order chi connectivity index (χ0) is 60.6. The average Bonchev–Trinajstić information content (AvgIpc) is 3.72. The molecule has 2 aliphatic carbocycles. The summed E-state index contributed by atoms with van der Waals surface area (Å²) in [7, 11) is 0. The highest BCUT2D eigenvalue weighted by molar-refractivity contribution is 5.80. The van der Waals surface area contributed by atoms with Crippen LogP contribution in [0.1, 0.15) is 105 Å². The van der Waals surface area contributed by atoms with Crippen LogP contribution in [0, 0.1) is 23.7 Å². The summed E-state index contributed by atoms with van der Waals surface area (Å²) in [6, 6.07) is 26.7. The second kappa shape index (κ2) is 36.6. The highest BCUT2D eigenvalue weighted by atomic mass is 16.6. The van der Waals surface area contributed by atoms with Gasteiger partial charge < -0.3 is 67.8 Å². The van der Waals surface area contributed by atoms with Crippen molar-refractivity contribution in [2.45, 2.75) is 116 Å². The van der Waals surface area contributed by atoms with Gasteiger partial charge in [-0.2, -0.15) is 0 Å². The van der Waals surface area contributed by atoms with Crippen LogP contribution < -0.4 is 28.4 Å². The van der Waals surface area contributed by atoms with E-state index >= 15 is 0 Å². The minimum atomic E-state index is -0.964. The Labute approximate surface area is 490 Å². The first kappa shape index (κ1) is 66.9. The molecule has 0 bridgehead atoms. The van der Waals surface area contributed by atoms with Crippen LogP contribution in [0.15, 0.2) is 97.1 Å². The van der Waals surface area contributed by atoms with Gasteiger partial charge in [0.1, 0.15) is 59.9 Å². The highest BCUT2D eigenvalue weighted by Gasteiger charge is 2.34. The van der Waals surface area contributed by atoms with Crippen LogP contribution in [-0.2, 0) is 70.1 Å². The molecule has 2 saturated carbocycles. The predicted molar refractivity (Wildman–Crippen MR) is 302 cm³/mol. The predicted octanol–water partition coefficient (Wildman–Crippen LogP) is 6.82. The van der Waals surface area contributed by atoms with E-state index in [-0.39, 0.29) is 116 Å². The summed E-state index contributed by atoms with van der Waals surface area (Å²) >= 11 is 0. The average molecular weight is 1180 g/mol. The van der Waals surface area contributed by atoms with Crippen molar-refractivity contribution in [2.24, 2.45) is 23.7 Å². The molecular weight excluding hydrogens is 1100 g/mol. The van der Waals surface area contributed by atoms with Crippen molar-refractivity contribution in [1.82, 2.24) is 0 Å². The van der Waals surface area contributed by atoms with Crippen LogP contribution in [0.3, 0.4) is 0 Å². The molecule has 0 radical (unpaired) electrons. The third-order valence-corrected chi connectivity index (χ3v) is 13.4. The molecule has 0 saturated heterocycles. The van der Waals surface area contributed by atoms with Crippen molar-refractivity contribution in [3.05, 3.63) is 108 Å². The minimum absolute atomic E-state index is 0. The molecule has 4 N–H and O–H groups in total. The Morgan fingerprint density at radius 1 is 0.393 bits per heavy atom. The Morgan fingerprint density at radius 3 is 0.881 bits per heavy atom. The van der Waals surface area contributed by atoms with Gasteiger partial charge in [0.05, 0.1) is 89.0 Å². The monoisotopic (exact) mass is 1180 g/mol. The van der Waals surface area contributed by atoms with Crippen molar-refractivity contribution in [3.63, 3.8) is 0 Å². The molecule has 6 rings (SSSR count). The van der Waals surface area contributed by atoms with E-state index in [2.05, 4.69) is 0 Å². The number of hydrogen-bond donors (Lipinski definition) is 4. The zero-order valence-corrected chi connectivity index (χ0v) is 47.4. The molecule has 22 heteroatoms. The van der Waals surface area contributed by atoms with Crippen LogP contribution in [0.2, 0.25) is 0 Å². The molecule has 2 aliphatic rings. The quantitative estimate of drug-likeness (QED) is 0.0236. The lowest BCUT2D eigenvalue weighted by molar-refractivity contribution is -0.150. The SMILES string of the molecule is CCOC(=O)CCC(=O)OCCc1ccc(OC(=O)C2CCC(C(=O)Oc3ccc(CCOC(=O)CCC(=O)OCC)cc3)CC2)cc1.O=C(Oc1ccc(OCC(O)CO)cc1)C1CCC(C(=O)Oc2ccc(OCC(O)CO)cc2)CC1.[HH].[HH]. The molecule has 2 fully saturated rings. The molecular formula is C62H80O22. The van der Waals surface area contributed by atoms with Crippen LogP contribution >= 0.6 is 0 Å². The van der Waals surface area contributed by atoms with E-state index in [1.807, 2.05) is 0 Å². The highest BCUT2D eigenvalue weighted by Crippen LogP contribution is 2.33. The van der Waals surface area contributed by atoms with Crippen molar-refractivity contribution >= 4 is 47.8 Å². The number of aliphatic hydroxyl groups is 4. The first-order valence-electron chi connectivity index (χ1n) is 28.2. The topological polar surface area (TPSA) is 310 Å². The summed E-state index contributed by atoms with van der Waals surface area (Å²) in [6.45, 7) is 3.40. The summed E-state index contributed by atoms with van der Waals surface area (Å²) in [4.78, 5) is 96.8. The van der Waals surface area contributed by atoms with Gasteiger partial charge in [0.15, 0.2) is 0 Å². The van der Waals surface area contributed by atoms with E-state index in [4.69, 9.17) is 57.6 Å². The van der Waals surface area contributed by atoms with Crippen molar-refractivity contribution < 1.29 is 109 Å². The fourth-order valence-corrected chi connectivity index (χ4v) is 8.66. The summed E-state index contributed by atoms with van der Waals surface area (Å²) in [5, 5.41) is 36.3. The van der Waals surface area contributed by atoms with Crippen LogP contribution in [0.4, 0.5) is 0 Å². The second-order valence-corrected chi connectivity index (χ2v) is 19.9. The number of carbonyl (C=O) groups is 8. The molecule has 22 nitrogen and oxygen atoms in total. The van der Waals surface area contributed by atoms with Gasteiger partial charge >= 0.3 is 47.8 Å². The van der Waals surface area contributed by atoms with Crippen molar-refractivity contribution in [3.8, 4) is 34.5 Å². The largest absolute Gasteiger partial charge is 0.491 e. The summed E-state index contributed by atoms with van der Waals surface area (Å²) in [5.74, 6) is -1.94. The van der Waals surface area contributed by atoms with E-state index in [1.54, 1.807) is 111 Å². The smallest absolute Gasteiger partial charge is 0.314 e. The maximum Gasteiger partial charge on any atom is 0.314 e. The first-order valence-corrected chi connectivity index (χ1v) is 28.2. The molecule has 84 heavy (non-hydrogen) atoms. The standard InChI is InChI=1S/C36H44O12.C26H32O10.2H2/c1-3-43-31(37)17-19-33(39)45-23-21-25-5-13-29(14-6-25)47-35(41)27-9-11-28(12-10-27)36(42)48-30-15-7-26(8-16-30)22-24-46-34(40)20-18-32(38)44-4-2;27-13-19(29)15-33-21-5-9-23(10-6-21)35-25(31)17-1-2-18(4-3-17)26(32)36-24-11-7-22(8-12-24)34-16-20(30)14-28;;/h5-8,13-16,27-28H,3-4,9-12,17-24H2,1-2H3;5-12,17-20,27-30H,1-4,13-16H2;2*1H. The van der Waals surface area contributed by atoms with Crippen molar-refractivity contribution in [1.29, 1.82) is 0 Å². The van der Waals surface area contributed by atoms with E-state index < -0.39 is 49.3 Å². The minimum Gasteiger partial charge on any atom is -0.491 e. The van der Waals surface area contributed by atoms with E-state index in [9.17, 15) is 48.6 Å². The molecule has 4 aromatic carbocycles. The number of carbonyl (C=O) groups excluding carboxylic acids is 8. The third-order valence-electron chi connectivity index (χ3n) is 13.4. The van der Waals surface area contributed by atoms with Gasteiger partial charge in [-0.15, -0.1) is 0 Å². The van der Waals surface area contributed by atoms with Gasteiger partial charge in [-0.1, -0.05) is 24.3 Å². The molecule has 0 heterocycles. The molecule has 2 unspecified atom stereocenters. The van der Waals surface area contributed by atoms with E-state index in [0.717, 1.165) is 11.1 Å². The molecule has 460 valence electrons. The van der Waals surface area contributed by atoms with E-state index in [1.165, 1.54) is 0 Å². The van der Waals surface area contributed by atoms with Gasteiger partial charge in [0.25, 0.3) is 0 Å². The zero-order valence-electron chi connectivity index (χ0n) is 47.4. The lowest BCUT2D eigenvalue weighted by Gasteiger charge is -2.25. The Hall–Kier alpha value is -7.92. The van der Waals surface area contributed by atoms with Crippen LogP contribution in [0.25, 0.3) is 0 Å². The molecule has 0 spiro atoms. The third kappa shape index (κ3) is 24.9. The normalized spacial score (nSPS) is 17.0. The number of ether oxygens (including phenoxy) is 10. The molecule has 2 atom stereocenters. The summed E-state index contributed by atoms with van der Waals surface area (Å²) in [6.07, 6.45) is 3.02. The fraction of sp³-hybridized carbons (Fsp3) is 0.484. The lowest BCUT2D eigenvalue weighted by atomic mass is 9.82. The maximum atomic E-state index is 12.8. The molecule has 0 amide bonds. The number of hydrogen-bond acceptors (Lipinski definition) is 22. The molecule has 4 aromatic rings. The number of benzene rings is 4. The Morgan fingerprint density at radius 2 is 0.631 bits per heavy atom. The molecule has 0 aromatic heterocycles. The Kier molecular flexibility index (Phi) is 29.2. The number of esters is 8. The first-order chi connectivity index (χ1) is 40.5. The fourth-order valence-electron chi connectivity index (χ4n) is 8.66. The van der Waals surface area contributed by atoms with Gasteiger partial charge in [0.2, 0.25) is 0 Å². The van der Waals surface area contributed by atoms with Gasteiger partial charge in [-0.3, -0.25) is 38.4 Å². The number of rotatable bonds is 30. The van der Waals surface area contributed by atoms with Crippen LogP contribution in [0.5, 0.6) is 34.5 Å². The summed E-state index contributed by atoms with van der Waals surface area (Å²) in [5.41, 5.74) is 1.79. The van der Waals surface area contributed by atoms with Gasteiger partial charge in [-0.05, 0) is 149 Å². The van der Waals surface area contributed by atoms with Crippen LogP contribution in [-0.4, -0.2) is 133 Å². The second-order valence-electron chi connectivity index (χ2n) is 19.9. The molecule has 0 aliphatic heterocycles. The van der Waals surface area contributed by atoms with Gasteiger partial charge in [0, 0.05) is 15.7 Å². The maximum absolute atomic E-state index is 12.8. The summed E-state index contributed by atoms with van der Waals surface area (Å²) < 4.78 is 52.6. The number of aliphatic hydroxyl groups excluding tert-OH is 4. The lowest BCUT2D eigenvalue weighted by Crippen LogP contribution is -2.30. The Balaban J connectivity index is 0.000000457. The van der Waals surface area contributed by atoms with Crippen molar-refractivity contribution in [2.75, 3.05) is 52.9 Å². The Bertz CT molecular complexity index is 2500. The van der Waals surface area contributed by atoms with Gasteiger partial charge in [-0.25, -0.2) is 0 Å². The van der Waals surface area contributed by atoms with E-state index in [0.29, 0.717) is 98.7 Å².